The van der Waals surface area contributed by atoms with E-state index in [1.165, 1.54) is 5.56 Å². The van der Waals surface area contributed by atoms with Crippen LogP contribution in [0.3, 0.4) is 0 Å². The fourth-order valence-corrected chi connectivity index (χ4v) is 3.86. The largest absolute Gasteiger partial charge is 0.337 e. The molecule has 27 heavy (non-hydrogen) atoms. The summed E-state index contributed by atoms with van der Waals surface area (Å²) < 4.78 is 0. The van der Waals surface area contributed by atoms with E-state index in [2.05, 4.69) is 27.1 Å². The Morgan fingerprint density at radius 1 is 0.963 bits per heavy atom. The van der Waals surface area contributed by atoms with Gasteiger partial charge in [-0.1, -0.05) is 54.2 Å². The van der Waals surface area contributed by atoms with E-state index in [4.69, 9.17) is 4.98 Å². The molecule has 0 amide bonds. The van der Waals surface area contributed by atoms with E-state index in [0.717, 1.165) is 34.0 Å². The molecule has 0 saturated heterocycles. The van der Waals surface area contributed by atoms with Crippen molar-refractivity contribution in [2.24, 2.45) is 0 Å². The van der Waals surface area contributed by atoms with Crippen molar-refractivity contribution in [1.29, 1.82) is 0 Å². The molecule has 0 radical (unpaired) electrons. The highest BCUT2D eigenvalue weighted by molar-refractivity contribution is 7.98. The van der Waals surface area contributed by atoms with Crippen molar-refractivity contribution in [2.75, 3.05) is 0 Å². The summed E-state index contributed by atoms with van der Waals surface area (Å²) in [5, 5.41) is 1.47. The van der Waals surface area contributed by atoms with E-state index >= 15 is 0 Å². The fourth-order valence-electron chi connectivity index (χ4n) is 3.05. The van der Waals surface area contributed by atoms with Crippen LogP contribution < -0.4 is 5.56 Å². The Labute approximate surface area is 161 Å². The van der Waals surface area contributed by atoms with Crippen molar-refractivity contribution in [3.63, 3.8) is 0 Å². The average Bonchev–Trinajstić information content (AvgIpc) is 3.01. The van der Waals surface area contributed by atoms with Gasteiger partial charge in [-0.2, -0.15) is 0 Å². The van der Waals surface area contributed by atoms with Gasteiger partial charge in [-0.15, -0.1) is 0 Å². The number of aromatic nitrogens is 4. The van der Waals surface area contributed by atoms with Crippen molar-refractivity contribution in [1.82, 2.24) is 19.9 Å². The van der Waals surface area contributed by atoms with Crippen molar-refractivity contribution in [3.8, 4) is 0 Å². The number of nitrogens with one attached hydrogen (secondary N) is 2. The van der Waals surface area contributed by atoms with Crippen LogP contribution in [-0.2, 0) is 12.2 Å². The van der Waals surface area contributed by atoms with E-state index in [9.17, 15) is 4.79 Å². The zero-order valence-corrected chi connectivity index (χ0v) is 16.1. The van der Waals surface area contributed by atoms with Crippen LogP contribution in [0, 0.1) is 13.8 Å². The van der Waals surface area contributed by atoms with E-state index in [0.29, 0.717) is 17.0 Å². The van der Waals surface area contributed by atoms with Crippen LogP contribution in [0.4, 0.5) is 0 Å². The molecular formula is C21H20N4OS. The third kappa shape index (κ3) is 3.80. The first-order chi connectivity index (χ1) is 13.1. The minimum atomic E-state index is -0.0975. The molecule has 0 fully saturated rings. The summed E-state index contributed by atoms with van der Waals surface area (Å²) in [7, 11) is 0. The van der Waals surface area contributed by atoms with Crippen molar-refractivity contribution >= 4 is 22.7 Å². The minimum absolute atomic E-state index is 0.0975. The van der Waals surface area contributed by atoms with Gasteiger partial charge in [0.25, 0.3) is 5.56 Å². The molecule has 5 nitrogen and oxygen atoms in total. The first kappa shape index (κ1) is 17.5. The maximum Gasteiger partial charge on any atom is 0.258 e. The first-order valence-electron chi connectivity index (χ1n) is 8.81. The van der Waals surface area contributed by atoms with Crippen LogP contribution in [0.5, 0.6) is 0 Å². The Bertz CT molecular complexity index is 1150. The van der Waals surface area contributed by atoms with Gasteiger partial charge in [-0.25, -0.2) is 9.97 Å². The molecule has 136 valence electrons. The number of para-hydroxylation sites is 1. The molecule has 0 aliphatic heterocycles. The normalized spacial score (nSPS) is 11.2. The van der Waals surface area contributed by atoms with E-state index in [-0.39, 0.29) is 5.56 Å². The summed E-state index contributed by atoms with van der Waals surface area (Å²) in [6.45, 7) is 4.01. The monoisotopic (exact) mass is 376 g/mol. The molecule has 2 aromatic carbocycles. The molecule has 0 bridgehead atoms. The fraction of sp³-hybridized carbons (Fsp3) is 0.190. The Balaban J connectivity index is 1.52. The molecule has 0 unspecified atom stereocenters. The van der Waals surface area contributed by atoms with Crippen LogP contribution in [-0.4, -0.2) is 19.9 Å². The maximum atomic E-state index is 12.3. The lowest BCUT2D eigenvalue weighted by atomic mass is 10.1. The first-order valence-corrected chi connectivity index (χ1v) is 9.79. The van der Waals surface area contributed by atoms with Gasteiger partial charge in [0, 0.05) is 12.1 Å². The van der Waals surface area contributed by atoms with Gasteiger partial charge >= 0.3 is 0 Å². The van der Waals surface area contributed by atoms with Crippen LogP contribution in [0.15, 0.2) is 58.5 Å². The van der Waals surface area contributed by atoms with Gasteiger partial charge in [0.05, 0.1) is 22.3 Å². The van der Waals surface area contributed by atoms with E-state index < -0.39 is 0 Å². The molecule has 2 heterocycles. The van der Waals surface area contributed by atoms with E-state index in [1.54, 1.807) is 17.8 Å². The highest BCUT2D eigenvalue weighted by Gasteiger charge is 2.10. The SMILES string of the molecule is Cc1[nH]c(SCc2nc3c(C)cccc3c(=O)[nH]2)nc1Cc1ccccc1. The van der Waals surface area contributed by atoms with Gasteiger partial charge < -0.3 is 9.97 Å². The lowest BCUT2D eigenvalue weighted by Gasteiger charge is -2.04. The Kier molecular flexibility index (Phi) is 4.81. The number of thioether (sulfide) groups is 1. The van der Waals surface area contributed by atoms with E-state index in [1.807, 2.05) is 44.2 Å². The summed E-state index contributed by atoms with van der Waals surface area (Å²) in [5.41, 5.74) is 5.01. The number of aromatic amines is 2. The topological polar surface area (TPSA) is 74.4 Å². The quantitative estimate of drug-likeness (QED) is 0.513. The van der Waals surface area contributed by atoms with Crippen molar-refractivity contribution in [2.45, 2.75) is 31.2 Å². The Morgan fingerprint density at radius 3 is 2.59 bits per heavy atom. The van der Waals surface area contributed by atoms with Crippen LogP contribution in [0.1, 0.15) is 28.3 Å². The predicted molar refractivity (Wildman–Crippen MR) is 109 cm³/mol. The maximum absolute atomic E-state index is 12.3. The molecular weight excluding hydrogens is 356 g/mol. The zero-order valence-electron chi connectivity index (χ0n) is 15.2. The summed E-state index contributed by atoms with van der Waals surface area (Å²) >= 11 is 1.54. The highest BCUT2D eigenvalue weighted by atomic mass is 32.2. The number of fused-ring (bicyclic) bond motifs is 1. The summed E-state index contributed by atoms with van der Waals surface area (Å²) in [6, 6.07) is 16.0. The molecule has 0 atom stereocenters. The van der Waals surface area contributed by atoms with Gasteiger partial charge in [-0.3, -0.25) is 4.79 Å². The molecule has 4 aromatic rings. The average molecular weight is 376 g/mol. The van der Waals surface area contributed by atoms with Crippen molar-refractivity contribution < 1.29 is 0 Å². The smallest absolute Gasteiger partial charge is 0.258 e. The van der Waals surface area contributed by atoms with Gasteiger partial charge in [-0.05, 0) is 31.0 Å². The molecule has 2 N–H and O–H groups in total. The minimum Gasteiger partial charge on any atom is -0.337 e. The molecule has 0 aliphatic rings. The predicted octanol–water partition coefficient (Wildman–Crippen LogP) is 4.15. The number of imidazole rings is 1. The van der Waals surface area contributed by atoms with Crippen LogP contribution in [0.25, 0.3) is 10.9 Å². The number of aryl methyl sites for hydroxylation is 2. The Morgan fingerprint density at radius 2 is 1.78 bits per heavy atom. The molecule has 2 aromatic heterocycles. The van der Waals surface area contributed by atoms with Gasteiger partial charge in [0.15, 0.2) is 5.16 Å². The molecule has 0 saturated carbocycles. The summed E-state index contributed by atoms with van der Waals surface area (Å²) in [6.07, 6.45) is 0.800. The summed E-state index contributed by atoms with van der Waals surface area (Å²) in [4.78, 5) is 27.8. The second-order valence-electron chi connectivity index (χ2n) is 6.55. The number of benzene rings is 2. The number of rotatable bonds is 5. The van der Waals surface area contributed by atoms with Crippen molar-refractivity contribution in [3.05, 3.63) is 87.2 Å². The number of H-pyrrole nitrogens is 2. The standard InChI is InChI=1S/C21H20N4OS/c1-13-7-6-10-16-19(13)24-18(25-20(16)26)12-27-21-22-14(2)17(23-21)11-15-8-4-3-5-9-15/h3-10H,11-12H2,1-2H3,(H,22,23)(H,24,25,26). The molecule has 0 spiro atoms. The van der Waals surface area contributed by atoms with Crippen LogP contribution >= 0.6 is 11.8 Å². The van der Waals surface area contributed by atoms with Gasteiger partial charge in [0.2, 0.25) is 0 Å². The molecule has 6 heteroatoms. The zero-order chi connectivity index (χ0) is 18.8. The number of hydrogen-bond acceptors (Lipinski definition) is 4. The second-order valence-corrected chi connectivity index (χ2v) is 7.51. The third-order valence-electron chi connectivity index (χ3n) is 4.51. The van der Waals surface area contributed by atoms with Gasteiger partial charge in [0.1, 0.15) is 5.82 Å². The highest BCUT2D eigenvalue weighted by Crippen LogP contribution is 2.22. The summed E-state index contributed by atoms with van der Waals surface area (Å²) in [5.74, 6) is 1.21. The molecule has 0 aliphatic carbocycles. The lowest BCUT2D eigenvalue weighted by molar-refractivity contribution is 0.995. The molecule has 4 rings (SSSR count). The number of nitrogens with zero attached hydrogens (tertiary/aromatic N) is 2. The van der Waals surface area contributed by atoms with Crippen LogP contribution in [0.2, 0.25) is 0 Å². The Hall–Kier alpha value is -2.86. The second kappa shape index (κ2) is 7.40. The lowest BCUT2D eigenvalue weighted by Crippen LogP contribution is -2.11. The third-order valence-corrected chi connectivity index (χ3v) is 5.40. The number of hydrogen-bond donors (Lipinski definition) is 2.